The molecule has 1 aromatic rings. The quantitative estimate of drug-likeness (QED) is 0.798. The molecule has 0 aliphatic rings. The van der Waals surface area contributed by atoms with Gasteiger partial charge in [0.1, 0.15) is 11.4 Å². The van der Waals surface area contributed by atoms with Crippen molar-refractivity contribution < 1.29 is 19.0 Å². The zero-order valence-electron chi connectivity index (χ0n) is 11.3. The van der Waals surface area contributed by atoms with E-state index in [1.807, 2.05) is 0 Å². The van der Waals surface area contributed by atoms with Gasteiger partial charge in [-0.1, -0.05) is 27.5 Å². The molecule has 4 nitrogen and oxygen atoms in total. The van der Waals surface area contributed by atoms with Crippen molar-refractivity contribution in [2.75, 3.05) is 6.61 Å². The van der Waals surface area contributed by atoms with Gasteiger partial charge in [0.05, 0.1) is 17.7 Å². The molecule has 1 aromatic carbocycles. The normalized spacial score (nSPS) is 12.9. The number of rotatable bonds is 3. The van der Waals surface area contributed by atoms with Crippen molar-refractivity contribution in [2.24, 2.45) is 0 Å². The summed E-state index contributed by atoms with van der Waals surface area (Å²) in [4.78, 5) is 11.7. The van der Waals surface area contributed by atoms with Crippen LogP contribution in [0, 0.1) is 5.82 Å². The highest BCUT2D eigenvalue weighted by Gasteiger charge is 2.22. The molecule has 0 fully saturated rings. The maximum Gasteiger partial charge on any atom is 0.408 e. The van der Waals surface area contributed by atoms with Crippen molar-refractivity contribution in [3.63, 3.8) is 0 Å². The largest absolute Gasteiger partial charge is 0.444 e. The summed E-state index contributed by atoms with van der Waals surface area (Å²) in [5.41, 5.74) is -0.285. The smallest absolute Gasteiger partial charge is 0.408 e. The summed E-state index contributed by atoms with van der Waals surface area (Å²) in [6.45, 7) is 4.76. The first kappa shape index (κ1) is 17.2. The van der Waals surface area contributed by atoms with E-state index in [0.29, 0.717) is 10.0 Å². The minimum atomic E-state index is -0.800. The molecule has 7 heteroatoms. The van der Waals surface area contributed by atoms with Gasteiger partial charge in [0.15, 0.2) is 0 Å². The molecule has 112 valence electrons. The number of halogens is 3. The van der Waals surface area contributed by atoms with Crippen LogP contribution in [0.5, 0.6) is 0 Å². The highest BCUT2D eigenvalue weighted by Crippen LogP contribution is 2.29. The topological polar surface area (TPSA) is 58.6 Å². The first-order valence-corrected chi connectivity index (χ1v) is 7.06. The van der Waals surface area contributed by atoms with Gasteiger partial charge in [-0.05, 0) is 38.5 Å². The van der Waals surface area contributed by atoms with Gasteiger partial charge in [-0.2, -0.15) is 0 Å². The summed E-state index contributed by atoms with van der Waals surface area (Å²) in [5.74, 6) is -0.630. The Morgan fingerprint density at radius 3 is 2.65 bits per heavy atom. The number of hydrogen-bond acceptors (Lipinski definition) is 3. The Balaban J connectivity index is 2.92. The van der Waals surface area contributed by atoms with Crippen LogP contribution >= 0.6 is 27.5 Å². The van der Waals surface area contributed by atoms with Crippen molar-refractivity contribution in [3.8, 4) is 0 Å². The van der Waals surface area contributed by atoms with Crippen molar-refractivity contribution in [1.82, 2.24) is 5.32 Å². The number of aliphatic hydroxyl groups is 1. The molecule has 0 aliphatic heterocycles. The average Bonchev–Trinajstić information content (AvgIpc) is 2.29. The van der Waals surface area contributed by atoms with Crippen LogP contribution in [-0.2, 0) is 4.74 Å². The predicted octanol–water partition coefficient (Wildman–Crippen LogP) is 3.80. The van der Waals surface area contributed by atoms with E-state index >= 15 is 0 Å². The molecule has 1 atom stereocenters. The molecule has 0 radical (unpaired) electrons. The van der Waals surface area contributed by atoms with Gasteiger partial charge in [-0.3, -0.25) is 0 Å². The third-order valence-electron chi connectivity index (χ3n) is 2.29. The summed E-state index contributed by atoms with van der Waals surface area (Å²) < 4.78 is 19.1. The van der Waals surface area contributed by atoms with Crippen molar-refractivity contribution >= 4 is 33.6 Å². The molecule has 20 heavy (non-hydrogen) atoms. The number of benzene rings is 1. The molecular weight excluding hydrogens is 353 g/mol. The Morgan fingerprint density at radius 2 is 2.15 bits per heavy atom. The van der Waals surface area contributed by atoms with Crippen molar-refractivity contribution in [2.45, 2.75) is 32.4 Å². The molecular formula is C13H16BrClFNO3. The van der Waals surface area contributed by atoms with E-state index in [0.717, 1.165) is 6.07 Å². The predicted molar refractivity (Wildman–Crippen MR) is 78.3 cm³/mol. The minimum absolute atomic E-state index is 0.0467. The van der Waals surface area contributed by atoms with Crippen LogP contribution in [0.15, 0.2) is 16.6 Å². The lowest BCUT2D eigenvalue weighted by atomic mass is 10.1. The SMILES string of the molecule is CC(C)(C)OC(=O)N[C@H](CO)c1cc(F)c(Cl)cc1Br. The highest BCUT2D eigenvalue weighted by molar-refractivity contribution is 9.10. The molecule has 0 saturated heterocycles. The lowest BCUT2D eigenvalue weighted by Gasteiger charge is -2.23. The zero-order chi connectivity index (χ0) is 15.5. The fourth-order valence-corrected chi connectivity index (χ4v) is 2.39. The summed E-state index contributed by atoms with van der Waals surface area (Å²) in [7, 11) is 0. The van der Waals surface area contributed by atoms with Crippen LogP contribution in [0.4, 0.5) is 9.18 Å². The van der Waals surface area contributed by atoms with Crippen LogP contribution in [0.25, 0.3) is 0 Å². The Bertz CT molecular complexity index is 505. The van der Waals surface area contributed by atoms with E-state index in [9.17, 15) is 14.3 Å². The van der Waals surface area contributed by atoms with Gasteiger partial charge in [-0.15, -0.1) is 0 Å². The second-order valence-electron chi connectivity index (χ2n) is 5.17. The average molecular weight is 369 g/mol. The van der Waals surface area contributed by atoms with Crippen molar-refractivity contribution in [1.29, 1.82) is 0 Å². The zero-order valence-corrected chi connectivity index (χ0v) is 13.7. The third-order valence-corrected chi connectivity index (χ3v) is 3.26. The molecule has 0 aliphatic carbocycles. The first-order valence-electron chi connectivity index (χ1n) is 5.89. The van der Waals surface area contributed by atoms with E-state index in [1.54, 1.807) is 20.8 Å². The van der Waals surface area contributed by atoms with Gasteiger partial charge < -0.3 is 15.2 Å². The second kappa shape index (κ2) is 6.74. The Hall–Kier alpha value is -0.850. The van der Waals surface area contributed by atoms with Gasteiger partial charge in [0.25, 0.3) is 0 Å². The fraction of sp³-hybridized carbons (Fsp3) is 0.462. The van der Waals surface area contributed by atoms with E-state index < -0.39 is 30.2 Å². The maximum atomic E-state index is 13.5. The van der Waals surface area contributed by atoms with E-state index in [4.69, 9.17) is 16.3 Å². The molecule has 0 spiro atoms. The number of carbonyl (C=O) groups is 1. The molecule has 0 aromatic heterocycles. The Kier molecular flexibility index (Phi) is 5.79. The second-order valence-corrected chi connectivity index (χ2v) is 6.43. The number of amides is 1. The van der Waals surface area contributed by atoms with Crippen LogP contribution < -0.4 is 5.32 Å². The van der Waals surface area contributed by atoms with Crippen LogP contribution in [0.2, 0.25) is 5.02 Å². The summed E-state index contributed by atoms with van der Waals surface area (Å²) >= 11 is 8.87. The number of hydrogen-bond donors (Lipinski definition) is 2. The monoisotopic (exact) mass is 367 g/mol. The number of alkyl carbamates (subject to hydrolysis) is 1. The summed E-state index contributed by atoms with van der Waals surface area (Å²) in [5, 5.41) is 11.8. The minimum Gasteiger partial charge on any atom is -0.444 e. The molecule has 2 N–H and O–H groups in total. The molecule has 0 saturated carbocycles. The van der Waals surface area contributed by atoms with E-state index in [1.165, 1.54) is 6.07 Å². The van der Waals surface area contributed by atoms with Gasteiger partial charge in [0.2, 0.25) is 0 Å². The maximum absolute atomic E-state index is 13.5. The first-order chi connectivity index (χ1) is 9.14. The van der Waals surface area contributed by atoms with Crippen LogP contribution in [-0.4, -0.2) is 23.4 Å². The third kappa shape index (κ3) is 4.92. The lowest BCUT2D eigenvalue weighted by molar-refractivity contribution is 0.0481. The molecule has 1 rings (SSSR count). The number of carbonyl (C=O) groups excluding carboxylic acids is 1. The van der Waals surface area contributed by atoms with Crippen molar-refractivity contribution in [3.05, 3.63) is 33.0 Å². The van der Waals surface area contributed by atoms with Gasteiger partial charge >= 0.3 is 6.09 Å². The number of aliphatic hydroxyl groups excluding tert-OH is 1. The van der Waals surface area contributed by atoms with E-state index in [-0.39, 0.29) is 5.02 Å². The number of ether oxygens (including phenoxy) is 1. The lowest BCUT2D eigenvalue weighted by Crippen LogP contribution is -2.36. The summed E-state index contributed by atoms with van der Waals surface area (Å²) in [6.07, 6.45) is -0.696. The Morgan fingerprint density at radius 1 is 1.55 bits per heavy atom. The van der Waals surface area contributed by atoms with Gasteiger partial charge in [0, 0.05) is 4.47 Å². The standard InChI is InChI=1S/C13H16BrClFNO3/c1-13(2,3)20-12(19)17-11(6-18)7-4-10(16)9(15)5-8(7)14/h4-5,11,18H,6H2,1-3H3,(H,17,19)/t11-/m1/s1. The Labute approximate surface area is 130 Å². The van der Waals surface area contributed by atoms with Gasteiger partial charge in [-0.25, -0.2) is 9.18 Å². The highest BCUT2D eigenvalue weighted by atomic mass is 79.9. The molecule has 1 amide bonds. The van der Waals surface area contributed by atoms with E-state index in [2.05, 4.69) is 21.2 Å². The van der Waals surface area contributed by atoms with Crippen LogP contribution in [0.1, 0.15) is 32.4 Å². The molecule has 0 bridgehead atoms. The molecule has 0 unspecified atom stereocenters. The van der Waals surface area contributed by atoms with Crippen LogP contribution in [0.3, 0.4) is 0 Å². The fourth-order valence-electron chi connectivity index (χ4n) is 1.48. The molecule has 0 heterocycles. The summed E-state index contributed by atoms with van der Waals surface area (Å²) in [6, 6.07) is 1.72. The number of nitrogens with one attached hydrogen (secondary N) is 1.